The smallest absolute Gasteiger partial charge is 0.252 e. The van der Waals surface area contributed by atoms with E-state index in [1.165, 1.54) is 5.56 Å². The quantitative estimate of drug-likeness (QED) is 0.879. The van der Waals surface area contributed by atoms with Gasteiger partial charge in [-0.15, -0.1) is 0 Å². The Morgan fingerprint density at radius 3 is 3.08 bits per heavy atom. The molecule has 4 heteroatoms. The lowest BCUT2D eigenvalue weighted by Gasteiger charge is -2.10. The van der Waals surface area contributed by atoms with E-state index in [0.29, 0.717) is 18.0 Å². The fraction of sp³-hybridized carbons (Fsp3) is 0.300. The molecule has 4 nitrogen and oxygen atoms in total. The lowest BCUT2D eigenvalue weighted by molar-refractivity contribution is 0.0949. The normalized spacial score (nSPS) is 18.2. The Morgan fingerprint density at radius 2 is 2.21 bits per heavy atom. The van der Waals surface area contributed by atoms with Gasteiger partial charge in [0.05, 0.1) is 12.2 Å². The summed E-state index contributed by atoms with van der Waals surface area (Å²) in [4.78, 5) is 16.6. The molecule has 122 valence electrons. The molecule has 1 amide bonds. The van der Waals surface area contributed by atoms with Crippen LogP contribution in [0.1, 0.15) is 28.8 Å². The molecule has 0 bridgehead atoms. The van der Waals surface area contributed by atoms with E-state index in [4.69, 9.17) is 4.74 Å². The average molecular weight is 320 g/mol. The SMILES string of the molecule is O=C(NCC1C=CCC1)c1cncc(-c2ccc3c(c2)CCO3)c1. The molecule has 0 spiro atoms. The van der Waals surface area contributed by atoms with Gasteiger partial charge >= 0.3 is 0 Å². The average Bonchev–Trinajstić information content (AvgIpc) is 3.30. The number of allylic oxidation sites excluding steroid dienone is 1. The second-order valence-corrected chi connectivity index (χ2v) is 6.36. The van der Waals surface area contributed by atoms with Gasteiger partial charge < -0.3 is 10.1 Å². The van der Waals surface area contributed by atoms with Crippen LogP contribution in [0.3, 0.4) is 0 Å². The first-order valence-corrected chi connectivity index (χ1v) is 8.45. The highest BCUT2D eigenvalue weighted by Gasteiger charge is 2.15. The molecule has 1 N–H and O–H groups in total. The van der Waals surface area contributed by atoms with Crippen LogP contribution in [-0.4, -0.2) is 24.0 Å². The Labute approximate surface area is 141 Å². The summed E-state index contributed by atoms with van der Waals surface area (Å²) in [5.74, 6) is 1.36. The van der Waals surface area contributed by atoms with E-state index in [0.717, 1.165) is 42.7 Å². The van der Waals surface area contributed by atoms with E-state index in [2.05, 4.69) is 28.5 Å². The molecule has 2 heterocycles. The molecule has 1 aliphatic carbocycles. The minimum Gasteiger partial charge on any atom is -0.493 e. The van der Waals surface area contributed by atoms with Crippen molar-refractivity contribution in [1.29, 1.82) is 0 Å². The number of nitrogens with zero attached hydrogens (tertiary/aromatic N) is 1. The molecular formula is C20H20N2O2. The van der Waals surface area contributed by atoms with Gasteiger partial charge in [-0.25, -0.2) is 0 Å². The number of pyridine rings is 1. The van der Waals surface area contributed by atoms with Crippen LogP contribution in [0.25, 0.3) is 11.1 Å². The standard InChI is InChI=1S/C20H20N2O2/c23-20(22-11-14-3-1-2-4-14)18-10-17(12-21-13-18)15-5-6-19-16(9-15)7-8-24-19/h1,3,5-6,9-10,12-14H,2,4,7-8,11H2,(H,22,23). The highest BCUT2D eigenvalue weighted by molar-refractivity contribution is 5.95. The summed E-state index contributed by atoms with van der Waals surface area (Å²) in [6.45, 7) is 1.44. The predicted octanol–water partition coefficient (Wildman–Crippen LogP) is 3.38. The Hall–Kier alpha value is -2.62. The summed E-state index contributed by atoms with van der Waals surface area (Å²) >= 11 is 0. The monoisotopic (exact) mass is 320 g/mol. The molecule has 0 fully saturated rings. The van der Waals surface area contributed by atoms with Gasteiger partial charge in [0, 0.05) is 30.9 Å². The summed E-state index contributed by atoms with van der Waals surface area (Å²) < 4.78 is 5.55. The van der Waals surface area contributed by atoms with Gasteiger partial charge in [0.15, 0.2) is 0 Å². The molecule has 1 atom stereocenters. The molecule has 1 unspecified atom stereocenters. The number of fused-ring (bicyclic) bond motifs is 1. The Bertz CT molecular complexity index is 798. The fourth-order valence-electron chi connectivity index (χ4n) is 3.28. The number of rotatable bonds is 4. The fourth-order valence-corrected chi connectivity index (χ4v) is 3.28. The van der Waals surface area contributed by atoms with Crippen molar-refractivity contribution >= 4 is 5.91 Å². The number of nitrogens with one attached hydrogen (secondary N) is 1. The first kappa shape index (κ1) is 14.9. The van der Waals surface area contributed by atoms with Gasteiger partial charge in [-0.2, -0.15) is 0 Å². The van der Waals surface area contributed by atoms with E-state index >= 15 is 0 Å². The second-order valence-electron chi connectivity index (χ2n) is 6.36. The van der Waals surface area contributed by atoms with E-state index in [9.17, 15) is 4.79 Å². The molecule has 1 aromatic heterocycles. The van der Waals surface area contributed by atoms with E-state index in [1.807, 2.05) is 18.2 Å². The molecule has 4 rings (SSSR count). The Kier molecular flexibility index (Phi) is 4.03. The molecule has 24 heavy (non-hydrogen) atoms. The molecule has 2 aliphatic rings. The molecule has 0 saturated heterocycles. The number of ether oxygens (including phenoxy) is 1. The van der Waals surface area contributed by atoms with Crippen molar-refractivity contribution in [2.24, 2.45) is 5.92 Å². The maximum absolute atomic E-state index is 12.4. The number of hydrogen-bond acceptors (Lipinski definition) is 3. The van der Waals surface area contributed by atoms with E-state index in [-0.39, 0.29) is 5.91 Å². The first-order valence-electron chi connectivity index (χ1n) is 8.45. The third-order valence-electron chi connectivity index (χ3n) is 4.66. The van der Waals surface area contributed by atoms with Crippen LogP contribution in [0.15, 0.2) is 48.8 Å². The highest BCUT2D eigenvalue weighted by atomic mass is 16.5. The zero-order chi connectivity index (χ0) is 16.4. The van der Waals surface area contributed by atoms with Crippen LogP contribution in [0.4, 0.5) is 0 Å². The van der Waals surface area contributed by atoms with Crippen LogP contribution < -0.4 is 10.1 Å². The zero-order valence-electron chi connectivity index (χ0n) is 13.5. The van der Waals surface area contributed by atoms with Crippen LogP contribution in [0.2, 0.25) is 0 Å². The van der Waals surface area contributed by atoms with E-state index in [1.54, 1.807) is 12.4 Å². The minimum atomic E-state index is -0.0610. The van der Waals surface area contributed by atoms with Crippen molar-refractivity contribution < 1.29 is 9.53 Å². The molecule has 1 aliphatic heterocycles. The number of benzene rings is 1. The van der Waals surface area contributed by atoms with Crippen LogP contribution >= 0.6 is 0 Å². The third kappa shape index (κ3) is 3.04. The van der Waals surface area contributed by atoms with Crippen LogP contribution in [0, 0.1) is 5.92 Å². The van der Waals surface area contributed by atoms with Gasteiger partial charge in [-0.1, -0.05) is 18.2 Å². The summed E-state index contributed by atoms with van der Waals surface area (Å²) in [5, 5.41) is 3.01. The Morgan fingerprint density at radius 1 is 1.25 bits per heavy atom. The maximum atomic E-state index is 12.4. The highest BCUT2D eigenvalue weighted by Crippen LogP contribution is 2.30. The van der Waals surface area contributed by atoms with Crippen molar-refractivity contribution in [3.8, 4) is 16.9 Å². The van der Waals surface area contributed by atoms with Gasteiger partial charge in [-0.05, 0) is 48.1 Å². The lowest BCUT2D eigenvalue weighted by atomic mass is 10.0. The maximum Gasteiger partial charge on any atom is 0.252 e. The number of hydrogen-bond donors (Lipinski definition) is 1. The molecule has 2 aromatic rings. The van der Waals surface area contributed by atoms with Crippen molar-refractivity contribution in [1.82, 2.24) is 10.3 Å². The van der Waals surface area contributed by atoms with Crippen LogP contribution in [0.5, 0.6) is 5.75 Å². The number of carbonyl (C=O) groups is 1. The van der Waals surface area contributed by atoms with Crippen molar-refractivity contribution in [3.05, 3.63) is 59.9 Å². The number of amides is 1. The summed E-state index contributed by atoms with van der Waals surface area (Å²) in [7, 11) is 0. The van der Waals surface area contributed by atoms with Crippen molar-refractivity contribution in [3.63, 3.8) is 0 Å². The van der Waals surface area contributed by atoms with Gasteiger partial charge in [0.1, 0.15) is 5.75 Å². The third-order valence-corrected chi connectivity index (χ3v) is 4.66. The zero-order valence-corrected chi connectivity index (χ0v) is 13.5. The topological polar surface area (TPSA) is 51.2 Å². The molecule has 1 aromatic carbocycles. The van der Waals surface area contributed by atoms with Crippen molar-refractivity contribution in [2.45, 2.75) is 19.3 Å². The van der Waals surface area contributed by atoms with Crippen LogP contribution in [-0.2, 0) is 6.42 Å². The molecule has 0 saturated carbocycles. The summed E-state index contributed by atoms with van der Waals surface area (Å²) in [5.41, 5.74) is 3.85. The predicted molar refractivity (Wildman–Crippen MR) is 93.1 cm³/mol. The minimum absolute atomic E-state index is 0.0610. The summed E-state index contributed by atoms with van der Waals surface area (Å²) in [6.07, 6.45) is 11.0. The second kappa shape index (κ2) is 6.48. The first-order chi connectivity index (χ1) is 11.8. The van der Waals surface area contributed by atoms with Crippen molar-refractivity contribution in [2.75, 3.05) is 13.2 Å². The molecule has 0 radical (unpaired) electrons. The number of carbonyl (C=O) groups excluding carboxylic acids is 1. The summed E-state index contributed by atoms with van der Waals surface area (Å²) in [6, 6.07) is 8.05. The Balaban J connectivity index is 1.50. The van der Waals surface area contributed by atoms with E-state index < -0.39 is 0 Å². The van der Waals surface area contributed by atoms with Gasteiger partial charge in [0.25, 0.3) is 5.91 Å². The number of aromatic nitrogens is 1. The largest absolute Gasteiger partial charge is 0.493 e. The molecular weight excluding hydrogens is 300 g/mol. The lowest BCUT2D eigenvalue weighted by Crippen LogP contribution is -2.28. The van der Waals surface area contributed by atoms with Gasteiger partial charge in [-0.3, -0.25) is 9.78 Å². The van der Waals surface area contributed by atoms with Gasteiger partial charge in [0.2, 0.25) is 0 Å².